The van der Waals surface area contributed by atoms with E-state index in [0.29, 0.717) is 0 Å². The maximum absolute atomic E-state index is 5.81. The largest absolute Gasteiger partial charge is 0.229 e. The summed E-state index contributed by atoms with van der Waals surface area (Å²) in [7, 11) is 0. The van der Waals surface area contributed by atoms with Crippen LogP contribution in [0, 0.1) is 0 Å². The fourth-order valence-electron chi connectivity index (χ4n) is 6.94. The normalized spacial score (nSPS) is 12.2. The van der Waals surface area contributed by atoms with Crippen molar-refractivity contribution in [1.29, 1.82) is 0 Å². The van der Waals surface area contributed by atoms with E-state index in [4.69, 9.17) is 9.98 Å². The van der Waals surface area contributed by atoms with Crippen LogP contribution in [0.25, 0.3) is 0 Å². The number of aliphatic imine (C=N–C) groups is 2. The molecule has 0 N–H and O–H groups in total. The molecule has 274 valence electrons. The Morgan fingerprint density at radius 1 is 0.333 bits per heavy atom. The highest BCUT2D eigenvalue weighted by Crippen LogP contribution is 2.39. The maximum atomic E-state index is 5.81. The maximum Gasteiger partial charge on any atom is 0.160 e. The van der Waals surface area contributed by atoms with E-state index in [2.05, 4.69) is 223 Å². The predicted octanol–water partition coefficient (Wildman–Crippen LogP) is 14.0. The van der Waals surface area contributed by atoms with Crippen LogP contribution in [0.5, 0.6) is 0 Å². The molecule has 4 nitrogen and oxygen atoms in total. The Balaban J connectivity index is 1.79. The van der Waals surface area contributed by atoms with Crippen molar-refractivity contribution in [2.75, 3.05) is 10.0 Å². The molecule has 0 heterocycles. The van der Waals surface area contributed by atoms with E-state index >= 15 is 0 Å². The van der Waals surface area contributed by atoms with Crippen LogP contribution in [0.3, 0.4) is 0 Å². The number of hydrogen-bond acceptors (Lipinski definition) is 2. The molecule has 0 bridgehead atoms. The van der Waals surface area contributed by atoms with Crippen LogP contribution in [0.15, 0.2) is 168 Å². The number of amidine groups is 2. The summed E-state index contributed by atoms with van der Waals surface area (Å²) in [4.78, 5) is 11.6. The third-order valence-corrected chi connectivity index (χ3v) is 9.79. The van der Waals surface area contributed by atoms with Crippen molar-refractivity contribution in [2.24, 2.45) is 9.98 Å². The molecule has 0 fully saturated rings. The van der Waals surface area contributed by atoms with Gasteiger partial charge in [0.1, 0.15) is 0 Å². The molecule has 0 aromatic heterocycles. The summed E-state index contributed by atoms with van der Waals surface area (Å²) in [5, 5.41) is 4.54. The Morgan fingerprint density at radius 2 is 0.593 bits per heavy atom. The van der Waals surface area contributed by atoms with Crippen molar-refractivity contribution >= 4 is 34.4 Å². The fraction of sp³-hybridized carbons (Fsp3) is 0.240. The molecular weight excluding hydrogens is 657 g/mol. The molecule has 4 heteroatoms. The molecular formula is C50H54N4. The topological polar surface area (TPSA) is 31.2 Å². The van der Waals surface area contributed by atoms with Gasteiger partial charge < -0.3 is 0 Å². The van der Waals surface area contributed by atoms with Crippen LogP contribution < -0.4 is 10.0 Å². The first-order valence-corrected chi connectivity index (χ1v) is 19.4. The lowest BCUT2D eigenvalue weighted by Crippen LogP contribution is -2.51. The number of para-hydroxylation sites is 4. The quantitative estimate of drug-likeness (QED) is 0.0805. The van der Waals surface area contributed by atoms with Gasteiger partial charge in [0.2, 0.25) is 0 Å². The minimum absolute atomic E-state index is 0.276. The second-order valence-corrected chi connectivity index (χ2v) is 15.1. The lowest BCUT2D eigenvalue weighted by molar-refractivity contribution is 0.833. The second-order valence-electron chi connectivity index (χ2n) is 15.1. The van der Waals surface area contributed by atoms with Gasteiger partial charge in [-0.15, -0.1) is 0 Å². The summed E-state index contributed by atoms with van der Waals surface area (Å²) in [6.45, 7) is 18.0. The molecule has 54 heavy (non-hydrogen) atoms. The number of rotatable bonds is 10. The Hall–Kier alpha value is -5.74. The summed E-state index contributed by atoms with van der Waals surface area (Å²) in [5.74, 6) is 2.70. The summed E-state index contributed by atoms with van der Waals surface area (Å²) < 4.78 is 0. The molecule has 0 amide bonds. The average molecular weight is 711 g/mol. The molecule has 6 aromatic carbocycles. The SMILES string of the molecule is CC(C)c1cccc(C(C)C)c1N=C(c1ccccc1)N(c1ccccc1)N(C(=Nc1c(C(C)C)cccc1C(C)C)c1ccccc1)c1ccccc1. The third-order valence-electron chi connectivity index (χ3n) is 9.79. The number of hydrazine groups is 1. The van der Waals surface area contributed by atoms with E-state index in [1.807, 2.05) is 0 Å². The smallest absolute Gasteiger partial charge is 0.160 e. The van der Waals surface area contributed by atoms with Gasteiger partial charge in [0.15, 0.2) is 11.7 Å². The molecule has 0 saturated carbocycles. The number of nitrogens with zero attached hydrogens (tertiary/aromatic N) is 4. The van der Waals surface area contributed by atoms with Gasteiger partial charge in [-0.25, -0.2) is 20.0 Å². The number of benzene rings is 6. The van der Waals surface area contributed by atoms with E-state index in [1.165, 1.54) is 22.3 Å². The Bertz CT molecular complexity index is 1960. The van der Waals surface area contributed by atoms with E-state index in [9.17, 15) is 0 Å². The van der Waals surface area contributed by atoms with Crippen molar-refractivity contribution in [3.63, 3.8) is 0 Å². The van der Waals surface area contributed by atoms with Crippen molar-refractivity contribution in [3.05, 3.63) is 191 Å². The number of anilines is 2. The van der Waals surface area contributed by atoms with Crippen molar-refractivity contribution in [1.82, 2.24) is 0 Å². The zero-order chi connectivity index (χ0) is 38.2. The molecule has 0 radical (unpaired) electrons. The highest BCUT2D eigenvalue weighted by molar-refractivity contribution is 6.21. The highest BCUT2D eigenvalue weighted by atomic mass is 15.7. The summed E-state index contributed by atoms with van der Waals surface area (Å²) in [6.07, 6.45) is 0. The van der Waals surface area contributed by atoms with Gasteiger partial charge in [-0.1, -0.05) is 189 Å². The Morgan fingerprint density at radius 3 is 0.852 bits per heavy atom. The van der Waals surface area contributed by atoms with Gasteiger partial charge in [-0.05, 0) is 70.2 Å². The number of hydrogen-bond donors (Lipinski definition) is 0. The van der Waals surface area contributed by atoms with Crippen LogP contribution in [0.4, 0.5) is 22.7 Å². The first-order chi connectivity index (χ1) is 26.2. The monoisotopic (exact) mass is 710 g/mol. The molecule has 6 rings (SSSR count). The summed E-state index contributed by atoms with van der Waals surface area (Å²) in [6, 6.07) is 55.6. The standard InChI is InChI=1S/C50H54N4/c1-35(2)43-31-21-32-44(36(3)4)47(43)51-49(39-23-13-9-14-24-39)53(41-27-17-11-18-28-41)54(42-29-19-12-20-30-42)50(40-25-15-10-16-26-40)52-48-45(37(5)6)33-22-34-46(48)38(7)8/h9-38H,1-8H3. The van der Waals surface area contributed by atoms with Gasteiger partial charge in [-0.3, -0.25) is 0 Å². The molecule has 0 atom stereocenters. The molecule has 0 aliphatic heterocycles. The van der Waals surface area contributed by atoms with Crippen molar-refractivity contribution < 1.29 is 0 Å². The Labute approximate surface area is 323 Å². The zero-order valence-corrected chi connectivity index (χ0v) is 33.1. The van der Waals surface area contributed by atoms with Gasteiger partial charge in [0.05, 0.1) is 22.7 Å². The van der Waals surface area contributed by atoms with E-state index in [1.54, 1.807) is 0 Å². The van der Waals surface area contributed by atoms with Gasteiger partial charge in [-0.2, -0.15) is 0 Å². The fourth-order valence-corrected chi connectivity index (χ4v) is 6.94. The Kier molecular flexibility index (Phi) is 12.2. The van der Waals surface area contributed by atoms with E-state index < -0.39 is 0 Å². The summed E-state index contributed by atoms with van der Waals surface area (Å²) in [5.41, 5.74) is 10.8. The van der Waals surface area contributed by atoms with E-state index in [-0.39, 0.29) is 23.7 Å². The molecule has 0 aliphatic rings. The third kappa shape index (κ3) is 8.39. The van der Waals surface area contributed by atoms with Crippen LogP contribution in [0.2, 0.25) is 0 Å². The summed E-state index contributed by atoms with van der Waals surface area (Å²) >= 11 is 0. The minimum atomic E-state index is 0.276. The molecule has 0 saturated heterocycles. The highest BCUT2D eigenvalue weighted by Gasteiger charge is 2.30. The van der Waals surface area contributed by atoms with Crippen molar-refractivity contribution in [3.8, 4) is 0 Å². The van der Waals surface area contributed by atoms with Gasteiger partial charge >= 0.3 is 0 Å². The van der Waals surface area contributed by atoms with Gasteiger partial charge in [0.25, 0.3) is 0 Å². The van der Waals surface area contributed by atoms with Crippen LogP contribution in [-0.4, -0.2) is 11.7 Å². The minimum Gasteiger partial charge on any atom is -0.229 e. The molecule has 0 unspecified atom stereocenters. The second kappa shape index (κ2) is 17.4. The lowest BCUT2D eigenvalue weighted by atomic mass is 9.93. The van der Waals surface area contributed by atoms with Gasteiger partial charge in [0, 0.05) is 11.1 Å². The van der Waals surface area contributed by atoms with Crippen LogP contribution >= 0.6 is 0 Å². The lowest BCUT2D eigenvalue weighted by Gasteiger charge is -2.39. The van der Waals surface area contributed by atoms with E-state index in [0.717, 1.165) is 45.5 Å². The van der Waals surface area contributed by atoms with Crippen LogP contribution in [0.1, 0.15) is 112 Å². The molecule has 0 aliphatic carbocycles. The average Bonchev–Trinajstić information content (AvgIpc) is 3.19. The first-order valence-electron chi connectivity index (χ1n) is 19.4. The molecule has 6 aromatic rings. The predicted molar refractivity (Wildman–Crippen MR) is 232 cm³/mol. The van der Waals surface area contributed by atoms with Crippen molar-refractivity contribution in [2.45, 2.75) is 79.1 Å². The molecule has 0 spiro atoms. The van der Waals surface area contributed by atoms with Crippen LogP contribution in [-0.2, 0) is 0 Å². The first kappa shape index (κ1) is 38.0. The zero-order valence-electron chi connectivity index (χ0n) is 33.1.